The van der Waals surface area contributed by atoms with Crippen LogP contribution in [-0.4, -0.2) is 56.9 Å². The summed E-state index contributed by atoms with van der Waals surface area (Å²) in [6.07, 6.45) is 7.34. The Labute approximate surface area is 171 Å². The number of nitrogens with one attached hydrogen (secondary N) is 3. The van der Waals surface area contributed by atoms with Gasteiger partial charge in [0.1, 0.15) is 11.9 Å². The second kappa shape index (κ2) is 10.3. The van der Waals surface area contributed by atoms with Crippen LogP contribution in [0.25, 0.3) is 0 Å². The van der Waals surface area contributed by atoms with Crippen molar-refractivity contribution < 1.29 is 9.84 Å². The Bertz CT molecular complexity index is 751. The third-order valence-electron chi connectivity index (χ3n) is 5.04. The zero-order valence-electron chi connectivity index (χ0n) is 17.3. The van der Waals surface area contributed by atoms with Crippen LogP contribution in [0.2, 0.25) is 0 Å². The minimum absolute atomic E-state index is 0.0456. The second-order valence-electron chi connectivity index (χ2n) is 7.68. The van der Waals surface area contributed by atoms with Gasteiger partial charge in [-0.1, -0.05) is 13.8 Å². The Balaban J connectivity index is 1.58. The Morgan fingerprint density at radius 1 is 1.14 bits per heavy atom. The van der Waals surface area contributed by atoms with Crippen molar-refractivity contribution in [2.24, 2.45) is 5.92 Å². The normalized spacial score (nSPS) is 17.0. The van der Waals surface area contributed by atoms with Crippen LogP contribution in [0.4, 0.5) is 11.8 Å². The molecule has 9 nitrogen and oxygen atoms in total. The van der Waals surface area contributed by atoms with E-state index in [2.05, 4.69) is 49.7 Å². The zero-order valence-corrected chi connectivity index (χ0v) is 17.3. The second-order valence-corrected chi connectivity index (χ2v) is 7.68. The molecule has 3 rings (SSSR count). The van der Waals surface area contributed by atoms with E-state index in [1.807, 2.05) is 6.92 Å². The smallest absolute Gasteiger partial charge is 0.316 e. The molecule has 9 heteroatoms. The van der Waals surface area contributed by atoms with Crippen molar-refractivity contribution in [1.82, 2.24) is 25.3 Å². The monoisotopic (exact) mass is 401 g/mol. The first-order valence-electron chi connectivity index (χ1n) is 10.2. The van der Waals surface area contributed by atoms with Crippen molar-refractivity contribution in [3.63, 3.8) is 0 Å². The molecule has 1 saturated heterocycles. The lowest BCUT2D eigenvalue weighted by atomic mass is 10.1. The average Bonchev–Trinajstić information content (AvgIpc) is 2.73. The van der Waals surface area contributed by atoms with E-state index in [4.69, 9.17) is 4.74 Å². The van der Waals surface area contributed by atoms with Crippen LogP contribution < -0.4 is 20.7 Å². The van der Waals surface area contributed by atoms with E-state index >= 15 is 0 Å². The molecule has 1 fully saturated rings. The largest absolute Gasteiger partial charge is 0.460 e. The van der Waals surface area contributed by atoms with Crippen molar-refractivity contribution >= 4 is 11.8 Å². The highest BCUT2D eigenvalue weighted by atomic mass is 16.5. The van der Waals surface area contributed by atoms with Crippen LogP contribution in [-0.2, 0) is 0 Å². The maximum Gasteiger partial charge on any atom is 0.316 e. The number of aliphatic hydroxyl groups is 1. The third-order valence-corrected chi connectivity index (χ3v) is 5.04. The van der Waals surface area contributed by atoms with E-state index in [9.17, 15) is 5.11 Å². The SMILES string of the molecule is CC(Nc1nccc(N[C@H](CO)C(C)C)n1)c1cnc(OC2CCNCC2)nc1. The minimum atomic E-state index is -0.0723. The lowest BCUT2D eigenvalue weighted by molar-refractivity contribution is 0.148. The van der Waals surface area contributed by atoms with Gasteiger partial charge in [0.2, 0.25) is 5.95 Å². The molecule has 0 bridgehead atoms. The molecule has 158 valence electrons. The van der Waals surface area contributed by atoms with Crippen LogP contribution in [0.3, 0.4) is 0 Å². The number of piperidine rings is 1. The summed E-state index contributed by atoms with van der Waals surface area (Å²) >= 11 is 0. The van der Waals surface area contributed by atoms with Crippen molar-refractivity contribution in [3.8, 4) is 6.01 Å². The van der Waals surface area contributed by atoms with E-state index in [-0.39, 0.29) is 30.7 Å². The van der Waals surface area contributed by atoms with Gasteiger partial charge in [-0.25, -0.2) is 15.0 Å². The Hall–Kier alpha value is -2.52. The fourth-order valence-corrected chi connectivity index (χ4v) is 3.07. The van der Waals surface area contributed by atoms with Crippen LogP contribution >= 0.6 is 0 Å². The molecule has 3 heterocycles. The van der Waals surface area contributed by atoms with Gasteiger partial charge in [-0.15, -0.1) is 0 Å². The van der Waals surface area contributed by atoms with Gasteiger partial charge in [-0.3, -0.25) is 0 Å². The van der Waals surface area contributed by atoms with Gasteiger partial charge in [-0.2, -0.15) is 4.98 Å². The summed E-state index contributed by atoms with van der Waals surface area (Å²) in [5.41, 5.74) is 0.917. The van der Waals surface area contributed by atoms with Crippen molar-refractivity contribution in [2.45, 2.75) is 51.8 Å². The number of aromatic nitrogens is 4. The zero-order chi connectivity index (χ0) is 20.6. The highest BCUT2D eigenvalue weighted by Gasteiger charge is 2.17. The maximum absolute atomic E-state index is 9.50. The molecule has 2 aromatic rings. The minimum Gasteiger partial charge on any atom is -0.460 e. The van der Waals surface area contributed by atoms with E-state index in [1.165, 1.54) is 0 Å². The molecular formula is C20H31N7O2. The first-order chi connectivity index (χ1) is 14.0. The van der Waals surface area contributed by atoms with Crippen molar-refractivity contribution in [1.29, 1.82) is 0 Å². The lowest BCUT2D eigenvalue weighted by Gasteiger charge is -2.22. The van der Waals surface area contributed by atoms with Gasteiger partial charge in [0.05, 0.1) is 18.7 Å². The number of hydrogen-bond donors (Lipinski definition) is 4. The molecule has 0 aliphatic carbocycles. The Kier molecular flexibility index (Phi) is 7.54. The summed E-state index contributed by atoms with van der Waals surface area (Å²) in [7, 11) is 0. The molecule has 0 spiro atoms. The molecule has 1 unspecified atom stereocenters. The molecule has 0 aromatic carbocycles. The number of hydrogen-bond acceptors (Lipinski definition) is 9. The molecule has 1 aliphatic rings. The summed E-state index contributed by atoms with van der Waals surface area (Å²) < 4.78 is 5.85. The molecule has 0 radical (unpaired) electrons. The standard InChI is InChI=1S/C20H31N7O2/c1-13(2)17(12-28)26-18-6-9-22-19(27-18)25-14(3)15-10-23-20(24-11-15)29-16-4-7-21-8-5-16/h6,9-11,13-14,16-17,21,28H,4-5,7-8,12H2,1-3H3,(H2,22,25,26,27)/t14?,17-/m1/s1. The van der Waals surface area contributed by atoms with Crippen LogP contribution in [0, 0.1) is 5.92 Å². The number of aliphatic hydroxyl groups excluding tert-OH is 1. The summed E-state index contributed by atoms with van der Waals surface area (Å²) in [5.74, 6) is 1.45. The predicted molar refractivity (Wildman–Crippen MR) is 112 cm³/mol. The molecule has 2 aromatic heterocycles. The van der Waals surface area contributed by atoms with Gasteiger partial charge in [0, 0.05) is 24.2 Å². The third kappa shape index (κ3) is 6.23. The molecule has 1 aliphatic heterocycles. The fourth-order valence-electron chi connectivity index (χ4n) is 3.07. The van der Waals surface area contributed by atoms with E-state index in [0.717, 1.165) is 31.5 Å². The van der Waals surface area contributed by atoms with Gasteiger partial charge < -0.3 is 25.8 Å². The summed E-state index contributed by atoms with van der Waals surface area (Å²) in [6.45, 7) is 8.08. The first kappa shape index (κ1) is 21.2. The summed E-state index contributed by atoms with van der Waals surface area (Å²) in [4.78, 5) is 17.5. The fraction of sp³-hybridized carbons (Fsp3) is 0.600. The van der Waals surface area contributed by atoms with Crippen LogP contribution in [0.1, 0.15) is 45.2 Å². The van der Waals surface area contributed by atoms with E-state index in [0.29, 0.717) is 17.8 Å². The highest BCUT2D eigenvalue weighted by Crippen LogP contribution is 2.19. The molecule has 4 N–H and O–H groups in total. The Morgan fingerprint density at radius 3 is 2.52 bits per heavy atom. The molecule has 0 saturated carbocycles. The first-order valence-corrected chi connectivity index (χ1v) is 10.2. The van der Waals surface area contributed by atoms with Gasteiger partial charge in [0.25, 0.3) is 0 Å². The van der Waals surface area contributed by atoms with Crippen LogP contribution in [0.15, 0.2) is 24.7 Å². The molecule has 2 atom stereocenters. The van der Waals surface area contributed by atoms with Gasteiger partial charge in [0.15, 0.2) is 0 Å². The average molecular weight is 402 g/mol. The summed E-state index contributed by atoms with van der Waals surface area (Å²) in [6, 6.07) is 2.07. The topological polar surface area (TPSA) is 117 Å². The highest BCUT2D eigenvalue weighted by molar-refractivity contribution is 5.41. The number of nitrogens with zero attached hydrogens (tertiary/aromatic N) is 4. The van der Waals surface area contributed by atoms with Crippen molar-refractivity contribution in [2.75, 3.05) is 30.3 Å². The summed E-state index contributed by atoms with van der Waals surface area (Å²) in [5, 5.41) is 19.3. The van der Waals surface area contributed by atoms with Gasteiger partial charge >= 0.3 is 6.01 Å². The maximum atomic E-state index is 9.50. The molecular weight excluding hydrogens is 370 g/mol. The number of ether oxygens (including phenoxy) is 1. The lowest BCUT2D eigenvalue weighted by Crippen LogP contribution is -2.34. The van der Waals surface area contributed by atoms with Gasteiger partial charge in [-0.05, 0) is 44.8 Å². The quantitative estimate of drug-likeness (QED) is 0.500. The predicted octanol–water partition coefficient (Wildman–Crippen LogP) is 2.00. The van der Waals surface area contributed by atoms with E-state index < -0.39 is 0 Å². The molecule has 0 amide bonds. The van der Waals surface area contributed by atoms with Crippen molar-refractivity contribution in [3.05, 3.63) is 30.2 Å². The Morgan fingerprint density at radius 2 is 1.86 bits per heavy atom. The van der Waals surface area contributed by atoms with Crippen LogP contribution in [0.5, 0.6) is 6.01 Å². The molecule has 29 heavy (non-hydrogen) atoms. The van der Waals surface area contributed by atoms with E-state index in [1.54, 1.807) is 24.7 Å². The number of rotatable bonds is 9. The number of anilines is 2.